The molecule has 0 bridgehead atoms. The molecule has 19 heavy (non-hydrogen) atoms. The van der Waals surface area contributed by atoms with Gasteiger partial charge in [-0.05, 0) is 52.2 Å². The lowest BCUT2D eigenvalue weighted by Crippen LogP contribution is -2.24. The number of benzene rings is 1. The zero-order valence-corrected chi connectivity index (χ0v) is 12.1. The number of halogens is 1. The summed E-state index contributed by atoms with van der Waals surface area (Å²) in [5.41, 5.74) is 1.17. The van der Waals surface area contributed by atoms with Crippen molar-refractivity contribution in [2.75, 3.05) is 0 Å². The summed E-state index contributed by atoms with van der Waals surface area (Å²) in [5, 5.41) is 19.5. The van der Waals surface area contributed by atoms with Gasteiger partial charge in [0.15, 0.2) is 0 Å². The van der Waals surface area contributed by atoms with E-state index in [4.69, 9.17) is 5.26 Å². The van der Waals surface area contributed by atoms with E-state index in [-0.39, 0.29) is 0 Å². The third kappa shape index (κ3) is 3.40. The number of nitrogens with zero attached hydrogens (tertiary/aromatic N) is 2. The Balaban J connectivity index is 2.29. The molecule has 1 heterocycles. The molecule has 4 heteroatoms. The van der Waals surface area contributed by atoms with Crippen LogP contribution >= 0.6 is 15.9 Å². The molecular formula is C15H13BrN2O. The van der Waals surface area contributed by atoms with Gasteiger partial charge in [-0.25, -0.2) is 0 Å². The molecule has 0 aliphatic heterocycles. The predicted molar refractivity (Wildman–Crippen MR) is 76.4 cm³/mol. The average molecular weight is 317 g/mol. The molecule has 2 aromatic rings. The number of hydrogen-bond donors (Lipinski definition) is 1. The van der Waals surface area contributed by atoms with Gasteiger partial charge in [0.05, 0.1) is 17.2 Å². The summed E-state index contributed by atoms with van der Waals surface area (Å²) in [7, 11) is 0. The number of aliphatic hydroxyl groups is 1. The first kappa shape index (κ1) is 13.7. The molecule has 0 aliphatic rings. The Morgan fingerprint density at radius 1 is 1.37 bits per heavy atom. The lowest BCUT2D eigenvalue weighted by Gasteiger charge is -2.24. The highest BCUT2D eigenvalue weighted by atomic mass is 79.9. The normalized spacial score (nSPS) is 13.6. The maximum Gasteiger partial charge on any atom is 0.0991 e. The van der Waals surface area contributed by atoms with E-state index < -0.39 is 5.60 Å². The van der Waals surface area contributed by atoms with Crippen molar-refractivity contribution in [2.24, 2.45) is 0 Å². The van der Waals surface area contributed by atoms with Crippen LogP contribution in [0.15, 0.2) is 47.2 Å². The average Bonchev–Trinajstić information content (AvgIpc) is 2.38. The van der Waals surface area contributed by atoms with E-state index in [1.165, 1.54) is 0 Å². The molecule has 0 amide bonds. The first-order valence-corrected chi connectivity index (χ1v) is 6.63. The van der Waals surface area contributed by atoms with E-state index in [2.05, 4.69) is 27.0 Å². The molecule has 0 radical (unpaired) electrons. The molecule has 0 spiro atoms. The van der Waals surface area contributed by atoms with Crippen molar-refractivity contribution >= 4 is 15.9 Å². The summed E-state index contributed by atoms with van der Waals surface area (Å²) in [6, 6.07) is 11.0. The summed E-state index contributed by atoms with van der Waals surface area (Å²) in [4.78, 5) is 4.09. The van der Waals surface area contributed by atoms with Crippen molar-refractivity contribution < 1.29 is 5.11 Å². The van der Waals surface area contributed by atoms with E-state index in [0.717, 1.165) is 15.6 Å². The molecule has 3 nitrogen and oxygen atoms in total. The quantitative estimate of drug-likeness (QED) is 0.946. The van der Waals surface area contributed by atoms with Crippen LogP contribution in [-0.4, -0.2) is 10.1 Å². The van der Waals surface area contributed by atoms with Gasteiger partial charge in [-0.15, -0.1) is 0 Å². The lowest BCUT2D eigenvalue weighted by atomic mass is 9.89. The van der Waals surface area contributed by atoms with Crippen molar-refractivity contribution in [3.8, 4) is 6.07 Å². The fourth-order valence-corrected chi connectivity index (χ4v) is 2.39. The zero-order chi connectivity index (χ0) is 13.9. The standard InChI is InChI=1S/C15H13BrN2O/c1-15(19,7-12-6-14(16)10-18-9-12)13-4-2-3-11(5-13)8-17/h2-6,9-10,19H,7H2,1H3. The highest BCUT2D eigenvalue weighted by Crippen LogP contribution is 2.26. The SMILES string of the molecule is CC(O)(Cc1cncc(Br)c1)c1cccc(C#N)c1. The Morgan fingerprint density at radius 2 is 2.16 bits per heavy atom. The summed E-state index contributed by atoms with van der Waals surface area (Å²) < 4.78 is 0.881. The van der Waals surface area contributed by atoms with Gasteiger partial charge >= 0.3 is 0 Å². The summed E-state index contributed by atoms with van der Waals surface area (Å²) in [6.45, 7) is 1.74. The molecule has 96 valence electrons. The largest absolute Gasteiger partial charge is 0.385 e. The Bertz CT molecular complexity index is 632. The first-order valence-electron chi connectivity index (χ1n) is 5.84. The molecule has 1 aromatic carbocycles. The fourth-order valence-electron chi connectivity index (χ4n) is 1.98. The van der Waals surface area contributed by atoms with Crippen LogP contribution in [0.4, 0.5) is 0 Å². The van der Waals surface area contributed by atoms with E-state index >= 15 is 0 Å². The van der Waals surface area contributed by atoms with Crippen molar-refractivity contribution in [2.45, 2.75) is 18.9 Å². The van der Waals surface area contributed by atoms with Crippen LogP contribution in [0.1, 0.15) is 23.6 Å². The van der Waals surface area contributed by atoms with Gasteiger partial charge in [0.1, 0.15) is 0 Å². The van der Waals surface area contributed by atoms with Gasteiger partial charge in [-0.2, -0.15) is 5.26 Å². The highest BCUT2D eigenvalue weighted by Gasteiger charge is 2.24. The monoisotopic (exact) mass is 316 g/mol. The maximum absolute atomic E-state index is 10.6. The molecule has 0 fully saturated rings. The summed E-state index contributed by atoms with van der Waals surface area (Å²) in [6.07, 6.45) is 3.87. The second kappa shape index (κ2) is 5.52. The van der Waals surface area contributed by atoms with Crippen LogP contribution in [0.2, 0.25) is 0 Å². The summed E-state index contributed by atoms with van der Waals surface area (Å²) in [5.74, 6) is 0. The van der Waals surface area contributed by atoms with Crippen LogP contribution in [-0.2, 0) is 12.0 Å². The molecule has 2 rings (SSSR count). The minimum absolute atomic E-state index is 0.439. The molecule has 0 saturated heterocycles. The highest BCUT2D eigenvalue weighted by molar-refractivity contribution is 9.10. The zero-order valence-electron chi connectivity index (χ0n) is 10.5. The first-order chi connectivity index (χ1) is 9.01. The molecular weight excluding hydrogens is 304 g/mol. The number of nitriles is 1. The smallest absolute Gasteiger partial charge is 0.0991 e. The van der Waals surface area contributed by atoms with Crippen LogP contribution in [0.3, 0.4) is 0 Å². The van der Waals surface area contributed by atoms with Gasteiger partial charge in [0, 0.05) is 23.3 Å². The number of hydrogen-bond acceptors (Lipinski definition) is 3. The minimum Gasteiger partial charge on any atom is -0.385 e. The molecule has 0 saturated carbocycles. The maximum atomic E-state index is 10.6. The molecule has 1 unspecified atom stereocenters. The molecule has 1 atom stereocenters. The third-order valence-corrected chi connectivity index (χ3v) is 3.36. The van der Waals surface area contributed by atoms with Gasteiger partial charge in [-0.1, -0.05) is 12.1 Å². The van der Waals surface area contributed by atoms with Gasteiger partial charge in [0.2, 0.25) is 0 Å². The number of rotatable bonds is 3. The second-order valence-corrected chi connectivity index (χ2v) is 5.57. The molecule has 0 aliphatic carbocycles. The van der Waals surface area contributed by atoms with Crippen molar-refractivity contribution in [1.82, 2.24) is 4.98 Å². The van der Waals surface area contributed by atoms with E-state index in [9.17, 15) is 5.11 Å². The van der Waals surface area contributed by atoms with Crippen molar-refractivity contribution in [1.29, 1.82) is 5.26 Å². The van der Waals surface area contributed by atoms with Crippen molar-refractivity contribution in [3.63, 3.8) is 0 Å². The van der Waals surface area contributed by atoms with E-state index in [0.29, 0.717) is 12.0 Å². The summed E-state index contributed by atoms with van der Waals surface area (Å²) >= 11 is 3.36. The molecule has 1 aromatic heterocycles. The van der Waals surface area contributed by atoms with Crippen LogP contribution in [0, 0.1) is 11.3 Å². The Kier molecular flexibility index (Phi) is 3.98. The lowest BCUT2D eigenvalue weighted by molar-refractivity contribution is 0.0575. The topological polar surface area (TPSA) is 56.9 Å². The second-order valence-electron chi connectivity index (χ2n) is 4.65. The molecule has 1 N–H and O–H groups in total. The minimum atomic E-state index is -1.03. The van der Waals surface area contributed by atoms with E-state index in [1.54, 1.807) is 37.5 Å². The number of pyridine rings is 1. The Hall–Kier alpha value is -1.70. The Labute approximate surface area is 120 Å². The predicted octanol–water partition coefficient (Wildman–Crippen LogP) is 3.17. The van der Waals surface area contributed by atoms with Gasteiger partial charge < -0.3 is 5.11 Å². The van der Waals surface area contributed by atoms with Crippen LogP contribution in [0.5, 0.6) is 0 Å². The van der Waals surface area contributed by atoms with Gasteiger partial charge in [0.25, 0.3) is 0 Å². The third-order valence-electron chi connectivity index (χ3n) is 2.92. The fraction of sp³-hybridized carbons (Fsp3) is 0.200. The van der Waals surface area contributed by atoms with Gasteiger partial charge in [-0.3, -0.25) is 4.98 Å². The Morgan fingerprint density at radius 3 is 2.84 bits per heavy atom. The number of aromatic nitrogens is 1. The van der Waals surface area contributed by atoms with Crippen LogP contribution < -0.4 is 0 Å². The van der Waals surface area contributed by atoms with Crippen LogP contribution in [0.25, 0.3) is 0 Å². The van der Waals surface area contributed by atoms with Crippen molar-refractivity contribution in [3.05, 3.63) is 63.9 Å². The van der Waals surface area contributed by atoms with E-state index in [1.807, 2.05) is 12.1 Å².